The molecule has 0 aromatic heterocycles. The molecule has 6 heteroatoms. The minimum atomic E-state index is -0.526. The van der Waals surface area contributed by atoms with Gasteiger partial charge in [-0.15, -0.1) is 0 Å². The number of nitrogens with one attached hydrogen (secondary N) is 1. The third-order valence-electron chi connectivity index (χ3n) is 4.71. The molecule has 0 saturated carbocycles. The topological polar surface area (TPSA) is 66.3 Å². The fourth-order valence-corrected chi connectivity index (χ4v) is 3.14. The van der Waals surface area contributed by atoms with Crippen LogP contribution in [0.3, 0.4) is 0 Å². The summed E-state index contributed by atoms with van der Waals surface area (Å²) >= 11 is 0. The van der Waals surface area contributed by atoms with Crippen LogP contribution in [-0.4, -0.2) is 56.4 Å². The Morgan fingerprint density at radius 2 is 1.79 bits per heavy atom. The first-order valence-electron chi connectivity index (χ1n) is 9.91. The second kappa shape index (κ2) is 11.3. The zero-order valence-corrected chi connectivity index (χ0v) is 18.1. The number of hydrogen-bond donors (Lipinski definition) is 2. The van der Waals surface area contributed by atoms with Crippen molar-refractivity contribution in [3.8, 4) is 11.5 Å². The lowest BCUT2D eigenvalue weighted by Gasteiger charge is -2.24. The van der Waals surface area contributed by atoms with Crippen LogP contribution in [0.1, 0.15) is 23.6 Å². The number of nitrogens with zero attached hydrogens (tertiary/aromatic N) is 2. The molecule has 2 aromatic rings. The first-order valence-corrected chi connectivity index (χ1v) is 9.91. The monoisotopic (exact) mass is 399 g/mol. The predicted molar refractivity (Wildman–Crippen MR) is 118 cm³/mol. The van der Waals surface area contributed by atoms with Crippen LogP contribution in [0, 0.1) is 6.92 Å². The summed E-state index contributed by atoms with van der Waals surface area (Å²) in [4.78, 5) is 6.69. The van der Waals surface area contributed by atoms with E-state index in [2.05, 4.69) is 17.2 Å². The van der Waals surface area contributed by atoms with Gasteiger partial charge in [-0.05, 0) is 42.7 Å². The van der Waals surface area contributed by atoms with Crippen LogP contribution in [0.5, 0.6) is 11.5 Å². The molecular weight excluding hydrogens is 366 g/mol. The van der Waals surface area contributed by atoms with Crippen molar-refractivity contribution in [1.82, 2.24) is 10.2 Å². The largest absolute Gasteiger partial charge is 0.493 e. The maximum absolute atomic E-state index is 10.4. The molecule has 0 heterocycles. The van der Waals surface area contributed by atoms with Crippen molar-refractivity contribution in [2.75, 3.05) is 34.4 Å². The third kappa shape index (κ3) is 6.68. The Morgan fingerprint density at radius 3 is 2.41 bits per heavy atom. The van der Waals surface area contributed by atoms with Crippen LogP contribution >= 0.6 is 0 Å². The Hall–Kier alpha value is -2.73. The Kier molecular flexibility index (Phi) is 8.80. The Bertz CT molecular complexity index is 793. The molecule has 2 N–H and O–H groups in total. The average Bonchev–Trinajstić information content (AvgIpc) is 2.72. The van der Waals surface area contributed by atoms with Gasteiger partial charge in [0.25, 0.3) is 0 Å². The highest BCUT2D eigenvalue weighted by Crippen LogP contribution is 2.30. The second-order valence-corrected chi connectivity index (χ2v) is 7.03. The number of guanidine groups is 1. The molecule has 0 aliphatic carbocycles. The molecule has 0 radical (unpaired) electrons. The number of aryl methyl sites for hydroxylation is 1. The molecule has 0 aliphatic rings. The van der Waals surface area contributed by atoms with Crippen molar-refractivity contribution >= 4 is 5.96 Å². The lowest BCUT2D eigenvalue weighted by molar-refractivity contribution is 0.183. The van der Waals surface area contributed by atoms with Gasteiger partial charge >= 0.3 is 0 Å². The van der Waals surface area contributed by atoms with E-state index in [1.165, 1.54) is 0 Å². The molecule has 0 saturated heterocycles. The molecule has 0 fully saturated rings. The van der Waals surface area contributed by atoms with Crippen molar-refractivity contribution in [2.45, 2.75) is 32.9 Å². The summed E-state index contributed by atoms with van der Waals surface area (Å²) in [6.07, 6.45) is 0.0599. The maximum Gasteiger partial charge on any atom is 0.194 e. The molecular formula is C23H33N3O3. The Balaban J connectivity index is 2.08. The summed E-state index contributed by atoms with van der Waals surface area (Å²) in [5.41, 5.74) is 3.35. The fraction of sp³-hybridized carbons (Fsp3) is 0.435. The minimum absolute atomic E-state index is 0.340. The summed E-state index contributed by atoms with van der Waals surface area (Å²) < 4.78 is 10.8. The fourth-order valence-electron chi connectivity index (χ4n) is 3.14. The van der Waals surface area contributed by atoms with E-state index in [0.717, 1.165) is 34.9 Å². The molecule has 0 amide bonds. The van der Waals surface area contributed by atoms with E-state index < -0.39 is 6.10 Å². The number of methoxy groups -OCH3 is 2. The van der Waals surface area contributed by atoms with Gasteiger partial charge in [0.1, 0.15) is 0 Å². The highest BCUT2D eigenvalue weighted by atomic mass is 16.5. The summed E-state index contributed by atoms with van der Waals surface area (Å²) in [6.45, 7) is 5.84. The highest BCUT2D eigenvalue weighted by molar-refractivity contribution is 5.79. The molecule has 6 nitrogen and oxygen atoms in total. The number of aliphatic imine (C=N–C) groups is 1. The van der Waals surface area contributed by atoms with E-state index in [-0.39, 0.29) is 0 Å². The second-order valence-electron chi connectivity index (χ2n) is 7.03. The lowest BCUT2D eigenvalue weighted by atomic mass is 10.1. The first kappa shape index (κ1) is 22.6. The van der Waals surface area contributed by atoms with E-state index in [4.69, 9.17) is 9.47 Å². The normalized spacial score (nSPS) is 12.4. The van der Waals surface area contributed by atoms with Crippen molar-refractivity contribution in [2.24, 2.45) is 4.99 Å². The van der Waals surface area contributed by atoms with Crippen molar-refractivity contribution in [1.29, 1.82) is 0 Å². The van der Waals surface area contributed by atoms with Gasteiger partial charge in [-0.25, -0.2) is 0 Å². The lowest BCUT2D eigenvalue weighted by Crippen LogP contribution is -2.39. The van der Waals surface area contributed by atoms with Crippen molar-refractivity contribution in [3.05, 3.63) is 59.2 Å². The number of aliphatic hydroxyl groups is 1. The van der Waals surface area contributed by atoms with Gasteiger partial charge in [0.2, 0.25) is 0 Å². The standard InChI is InChI=1S/C23H33N3O3/c1-6-24-23(25-15-20(27)13-18-10-8-7-9-11-18)26(3)16-19-14-22(29-5)21(28-4)12-17(19)2/h7-12,14,20,27H,6,13,15-16H2,1-5H3,(H,24,25). The highest BCUT2D eigenvalue weighted by Gasteiger charge is 2.13. The molecule has 0 bridgehead atoms. The van der Waals surface area contributed by atoms with Crippen LogP contribution < -0.4 is 14.8 Å². The van der Waals surface area contributed by atoms with E-state index in [1.807, 2.05) is 61.3 Å². The number of rotatable bonds is 9. The molecule has 1 atom stereocenters. The smallest absolute Gasteiger partial charge is 0.194 e. The van der Waals surface area contributed by atoms with Crippen molar-refractivity contribution < 1.29 is 14.6 Å². The number of aliphatic hydroxyl groups excluding tert-OH is 1. The van der Waals surface area contributed by atoms with Gasteiger partial charge in [0, 0.05) is 26.6 Å². The van der Waals surface area contributed by atoms with Crippen LogP contribution in [0.25, 0.3) is 0 Å². The molecule has 0 aliphatic heterocycles. The Labute approximate surface area is 174 Å². The van der Waals surface area contributed by atoms with Gasteiger partial charge in [0.05, 0.1) is 26.9 Å². The third-order valence-corrected chi connectivity index (χ3v) is 4.71. The summed E-state index contributed by atoms with van der Waals surface area (Å²) in [5.74, 6) is 2.19. The van der Waals surface area contributed by atoms with Gasteiger partial charge in [-0.2, -0.15) is 0 Å². The van der Waals surface area contributed by atoms with Crippen LogP contribution in [0.15, 0.2) is 47.5 Å². The Morgan fingerprint density at radius 1 is 1.14 bits per heavy atom. The number of benzene rings is 2. The zero-order chi connectivity index (χ0) is 21.2. The predicted octanol–water partition coefficient (Wildman–Crippen LogP) is 3.01. The maximum atomic E-state index is 10.4. The summed E-state index contributed by atoms with van der Waals surface area (Å²) in [5, 5.41) is 13.7. The van der Waals surface area contributed by atoms with Gasteiger partial charge in [-0.3, -0.25) is 4.99 Å². The van der Waals surface area contributed by atoms with Crippen LogP contribution in [0.4, 0.5) is 0 Å². The average molecular weight is 400 g/mol. The van der Waals surface area contributed by atoms with E-state index >= 15 is 0 Å². The molecule has 2 rings (SSSR count). The van der Waals surface area contributed by atoms with Crippen LogP contribution in [0.2, 0.25) is 0 Å². The van der Waals surface area contributed by atoms with Crippen molar-refractivity contribution in [3.63, 3.8) is 0 Å². The van der Waals surface area contributed by atoms with E-state index in [0.29, 0.717) is 25.3 Å². The summed E-state index contributed by atoms with van der Waals surface area (Å²) in [7, 11) is 5.27. The first-order chi connectivity index (χ1) is 14.0. The van der Waals surface area contributed by atoms with E-state index in [1.54, 1.807) is 14.2 Å². The summed E-state index contributed by atoms with van der Waals surface area (Å²) in [6, 6.07) is 14.0. The number of hydrogen-bond acceptors (Lipinski definition) is 4. The van der Waals surface area contributed by atoms with Gasteiger partial charge < -0.3 is 24.8 Å². The molecule has 29 heavy (non-hydrogen) atoms. The zero-order valence-electron chi connectivity index (χ0n) is 18.1. The molecule has 0 spiro atoms. The van der Waals surface area contributed by atoms with Gasteiger partial charge in [0.15, 0.2) is 17.5 Å². The number of ether oxygens (including phenoxy) is 2. The van der Waals surface area contributed by atoms with Gasteiger partial charge in [-0.1, -0.05) is 30.3 Å². The quantitative estimate of drug-likeness (QED) is 0.501. The molecule has 158 valence electrons. The van der Waals surface area contributed by atoms with E-state index in [9.17, 15) is 5.11 Å². The van der Waals surface area contributed by atoms with Crippen LogP contribution in [-0.2, 0) is 13.0 Å². The SMILES string of the molecule is CCNC(=NCC(O)Cc1ccccc1)N(C)Cc1cc(OC)c(OC)cc1C. The minimum Gasteiger partial charge on any atom is -0.493 e. The molecule has 2 aromatic carbocycles. The molecule has 1 unspecified atom stereocenters.